The predicted octanol–water partition coefficient (Wildman–Crippen LogP) is 3.92. The lowest BCUT2D eigenvalue weighted by atomic mass is 9.84. The van der Waals surface area contributed by atoms with Crippen molar-refractivity contribution in [1.29, 1.82) is 0 Å². The molecule has 3 atom stereocenters. The van der Waals surface area contributed by atoms with Crippen LogP contribution in [0.25, 0.3) is 11.0 Å². The lowest BCUT2D eigenvalue weighted by Crippen LogP contribution is -2.56. The fourth-order valence-electron chi connectivity index (χ4n) is 6.82. The van der Waals surface area contributed by atoms with E-state index < -0.39 is 41.5 Å². The summed E-state index contributed by atoms with van der Waals surface area (Å²) in [4.78, 5) is 66.4. The van der Waals surface area contributed by atoms with E-state index in [1.165, 1.54) is 0 Å². The Morgan fingerprint density at radius 1 is 0.837 bits per heavy atom. The minimum Gasteiger partial charge on any atom is -0.451 e. The molecule has 43 heavy (non-hydrogen) atoms. The summed E-state index contributed by atoms with van der Waals surface area (Å²) >= 11 is 0. The fraction of sp³-hybridized carbons (Fsp3) is 0.606. The van der Waals surface area contributed by atoms with Crippen LogP contribution in [0.4, 0.5) is 0 Å². The molecule has 232 valence electrons. The summed E-state index contributed by atoms with van der Waals surface area (Å²) in [6, 6.07) is 6.76. The Morgan fingerprint density at radius 2 is 1.56 bits per heavy atom. The van der Waals surface area contributed by atoms with Crippen molar-refractivity contribution in [1.82, 2.24) is 21.3 Å². The van der Waals surface area contributed by atoms with Crippen molar-refractivity contribution < 1.29 is 28.4 Å². The van der Waals surface area contributed by atoms with E-state index in [9.17, 15) is 24.0 Å². The minimum atomic E-state index is -1.18. The number of Topliss-reactive ketones (excluding diaryl/α,β-unsaturated/α-hetero) is 1. The van der Waals surface area contributed by atoms with Gasteiger partial charge in [0.05, 0.1) is 6.04 Å². The summed E-state index contributed by atoms with van der Waals surface area (Å²) in [5.41, 5.74) is 0.571. The molecule has 4 amide bonds. The van der Waals surface area contributed by atoms with Crippen LogP contribution in [0.2, 0.25) is 0 Å². The third-order valence-electron chi connectivity index (χ3n) is 9.28. The zero-order chi connectivity index (χ0) is 30.2. The van der Waals surface area contributed by atoms with Gasteiger partial charge in [0.1, 0.15) is 11.6 Å². The minimum absolute atomic E-state index is 0.0299. The molecular formula is C33H44N4O6. The molecule has 10 heteroatoms. The summed E-state index contributed by atoms with van der Waals surface area (Å²) < 4.78 is 5.74. The topological polar surface area (TPSA) is 147 Å². The Morgan fingerprint density at radius 3 is 2.28 bits per heavy atom. The number of fused-ring (bicyclic) bond motifs is 1. The van der Waals surface area contributed by atoms with Crippen molar-refractivity contribution in [2.24, 2.45) is 11.8 Å². The molecule has 2 heterocycles. The zero-order valence-electron chi connectivity index (χ0n) is 24.8. The Balaban J connectivity index is 1.33. The average Bonchev–Trinajstić information content (AvgIpc) is 3.47. The smallest absolute Gasteiger partial charge is 0.289 e. The van der Waals surface area contributed by atoms with Gasteiger partial charge in [0.25, 0.3) is 11.8 Å². The van der Waals surface area contributed by atoms with Gasteiger partial charge in [-0.25, -0.2) is 0 Å². The van der Waals surface area contributed by atoms with Crippen LogP contribution >= 0.6 is 0 Å². The monoisotopic (exact) mass is 592 g/mol. The number of hydrogen-bond donors (Lipinski definition) is 4. The third kappa shape index (κ3) is 8.24. The van der Waals surface area contributed by atoms with E-state index >= 15 is 0 Å². The van der Waals surface area contributed by atoms with Gasteiger partial charge < -0.3 is 25.7 Å². The maximum absolute atomic E-state index is 13.9. The zero-order valence-corrected chi connectivity index (χ0v) is 24.8. The number of hydrogen-bond acceptors (Lipinski definition) is 6. The van der Waals surface area contributed by atoms with Gasteiger partial charge in [-0.05, 0) is 56.6 Å². The Hall–Kier alpha value is -3.69. The summed E-state index contributed by atoms with van der Waals surface area (Å²) in [5.74, 6) is -2.86. The van der Waals surface area contributed by atoms with Gasteiger partial charge in [-0.1, -0.05) is 69.6 Å². The number of benzene rings is 1. The SMILES string of the molecule is O=C(NC1CCCCC1)C(=O)C(C[C@@H]1CCCNC1=O)NC(=O)[C@H](CC1CCCCC1)NC(=O)c1cc2ccccc2o1. The maximum atomic E-state index is 13.9. The highest BCUT2D eigenvalue weighted by Gasteiger charge is 2.36. The van der Waals surface area contributed by atoms with E-state index in [0.29, 0.717) is 25.0 Å². The molecule has 10 nitrogen and oxygen atoms in total. The highest BCUT2D eigenvalue weighted by molar-refractivity contribution is 6.38. The molecule has 0 radical (unpaired) electrons. The van der Waals surface area contributed by atoms with Crippen LogP contribution in [-0.4, -0.2) is 54.1 Å². The van der Waals surface area contributed by atoms with Crippen molar-refractivity contribution in [2.75, 3.05) is 6.54 Å². The Kier molecular flexibility index (Phi) is 10.5. The highest BCUT2D eigenvalue weighted by Crippen LogP contribution is 2.28. The summed E-state index contributed by atoms with van der Waals surface area (Å²) in [7, 11) is 0. The number of nitrogens with one attached hydrogen (secondary N) is 4. The molecule has 1 saturated heterocycles. The van der Waals surface area contributed by atoms with E-state index in [4.69, 9.17) is 4.42 Å². The molecule has 1 unspecified atom stereocenters. The molecule has 5 rings (SSSR count). The molecule has 4 N–H and O–H groups in total. The average molecular weight is 593 g/mol. The maximum Gasteiger partial charge on any atom is 0.289 e. The first-order valence-corrected chi connectivity index (χ1v) is 16.1. The van der Waals surface area contributed by atoms with Crippen LogP contribution in [0.1, 0.15) is 100 Å². The van der Waals surface area contributed by atoms with Crippen LogP contribution in [0, 0.1) is 11.8 Å². The van der Waals surface area contributed by atoms with Gasteiger partial charge in [0, 0.05) is 23.9 Å². The lowest BCUT2D eigenvalue weighted by Gasteiger charge is -2.30. The molecular weight excluding hydrogens is 548 g/mol. The number of furan rings is 1. The molecule has 2 aromatic rings. The van der Waals surface area contributed by atoms with Crippen LogP contribution in [-0.2, 0) is 19.2 Å². The quantitative estimate of drug-likeness (QED) is 0.291. The first-order chi connectivity index (χ1) is 20.9. The molecule has 1 aromatic heterocycles. The number of para-hydroxylation sites is 1. The van der Waals surface area contributed by atoms with Gasteiger partial charge in [-0.15, -0.1) is 0 Å². The van der Waals surface area contributed by atoms with Crippen LogP contribution in [0.15, 0.2) is 34.7 Å². The molecule has 1 aromatic carbocycles. The fourth-order valence-corrected chi connectivity index (χ4v) is 6.82. The Labute approximate surface area is 252 Å². The van der Waals surface area contributed by atoms with Gasteiger partial charge in [-0.2, -0.15) is 0 Å². The number of piperidine rings is 1. The van der Waals surface area contributed by atoms with E-state index in [-0.39, 0.29) is 30.0 Å². The van der Waals surface area contributed by atoms with Crippen molar-refractivity contribution >= 4 is 40.4 Å². The van der Waals surface area contributed by atoms with E-state index in [1.807, 2.05) is 18.2 Å². The summed E-state index contributed by atoms with van der Waals surface area (Å²) in [5, 5.41) is 12.1. The molecule has 2 saturated carbocycles. The van der Waals surface area contributed by atoms with E-state index in [2.05, 4.69) is 21.3 Å². The summed E-state index contributed by atoms with van der Waals surface area (Å²) in [6.07, 6.45) is 11.7. The van der Waals surface area contributed by atoms with E-state index in [0.717, 1.165) is 76.0 Å². The highest BCUT2D eigenvalue weighted by atomic mass is 16.3. The van der Waals surface area contributed by atoms with Gasteiger partial charge in [-0.3, -0.25) is 24.0 Å². The lowest BCUT2D eigenvalue weighted by molar-refractivity contribution is -0.141. The molecule has 2 aliphatic carbocycles. The van der Waals surface area contributed by atoms with Gasteiger partial charge in [0.15, 0.2) is 5.76 Å². The normalized spacial score (nSPS) is 21.4. The second-order valence-corrected chi connectivity index (χ2v) is 12.5. The van der Waals surface area contributed by atoms with Crippen LogP contribution < -0.4 is 21.3 Å². The standard InChI is InChI=1S/C33H44N4O6/c38-29(33(42)35-24-14-5-2-6-15-24)25(19-23-13-9-17-34-30(23)39)36-31(40)26(18-21-10-3-1-4-11-21)37-32(41)28-20-22-12-7-8-16-27(22)43-28/h7-8,12,16,20-21,23-26H,1-6,9-11,13-15,17-19H2,(H,34,39)(H,35,42)(H,36,40)(H,37,41)/t23-,25?,26-/m0/s1. The summed E-state index contributed by atoms with van der Waals surface area (Å²) in [6.45, 7) is 0.569. The number of ketones is 1. The van der Waals surface area contributed by atoms with Crippen LogP contribution in [0.5, 0.6) is 0 Å². The molecule has 3 aliphatic rings. The number of carbonyl (C=O) groups is 5. The predicted molar refractivity (Wildman–Crippen MR) is 161 cm³/mol. The van der Waals surface area contributed by atoms with Crippen molar-refractivity contribution in [3.8, 4) is 0 Å². The van der Waals surface area contributed by atoms with Crippen molar-refractivity contribution in [3.05, 3.63) is 36.1 Å². The number of carbonyl (C=O) groups excluding carboxylic acids is 5. The van der Waals surface area contributed by atoms with E-state index in [1.54, 1.807) is 12.1 Å². The first kappa shape index (κ1) is 30.8. The van der Waals surface area contributed by atoms with Gasteiger partial charge in [0.2, 0.25) is 17.6 Å². The first-order valence-electron chi connectivity index (χ1n) is 16.1. The van der Waals surface area contributed by atoms with Gasteiger partial charge >= 0.3 is 0 Å². The third-order valence-corrected chi connectivity index (χ3v) is 9.28. The second-order valence-electron chi connectivity index (χ2n) is 12.5. The Bertz CT molecular complexity index is 1280. The molecule has 1 aliphatic heterocycles. The molecule has 3 fully saturated rings. The van der Waals surface area contributed by atoms with Crippen molar-refractivity contribution in [2.45, 2.75) is 108 Å². The van der Waals surface area contributed by atoms with Crippen LogP contribution in [0.3, 0.4) is 0 Å². The number of amides is 4. The number of rotatable bonds is 11. The molecule has 0 bridgehead atoms. The second kappa shape index (κ2) is 14.7. The van der Waals surface area contributed by atoms with Crippen molar-refractivity contribution in [3.63, 3.8) is 0 Å². The molecule has 0 spiro atoms. The largest absolute Gasteiger partial charge is 0.451 e.